The van der Waals surface area contributed by atoms with Crippen LogP contribution in [0.5, 0.6) is 0 Å². The third-order valence-electron chi connectivity index (χ3n) is 8.63. The van der Waals surface area contributed by atoms with E-state index in [1.54, 1.807) is 24.3 Å². The van der Waals surface area contributed by atoms with Crippen molar-refractivity contribution in [1.82, 2.24) is 25.8 Å². The van der Waals surface area contributed by atoms with Gasteiger partial charge in [0.2, 0.25) is 23.6 Å². The van der Waals surface area contributed by atoms with Gasteiger partial charge in [-0.05, 0) is 67.9 Å². The van der Waals surface area contributed by atoms with Crippen molar-refractivity contribution in [3.05, 3.63) is 71.4 Å². The van der Waals surface area contributed by atoms with Crippen LogP contribution in [0.3, 0.4) is 0 Å². The Kier molecular flexibility index (Phi) is 10.4. The predicted octanol–water partition coefficient (Wildman–Crippen LogP) is 1.55. The molecule has 5 rings (SSSR count). The highest BCUT2D eigenvalue weighted by molar-refractivity contribution is 7.50. The highest BCUT2D eigenvalue weighted by atomic mass is 31.2. The molecule has 1 unspecified atom stereocenters. The molecule has 0 radical (unpaired) electrons. The molecule has 1 aromatic heterocycles. The molecule has 0 bridgehead atoms. The summed E-state index contributed by atoms with van der Waals surface area (Å²) in [6, 6.07) is 12.6. The first-order chi connectivity index (χ1) is 22.4. The number of nitrogens with zero attached hydrogens (tertiary/aromatic N) is 1. The van der Waals surface area contributed by atoms with Crippen molar-refractivity contribution >= 4 is 48.0 Å². The number of rotatable bonds is 12. The number of hydrogen-bond acceptors (Lipinski definition) is 6. The van der Waals surface area contributed by atoms with Crippen molar-refractivity contribution in [1.29, 1.82) is 0 Å². The van der Waals surface area contributed by atoms with Crippen molar-refractivity contribution in [3.63, 3.8) is 0 Å². The number of hydrogen-bond donors (Lipinski definition) is 7. The average Bonchev–Trinajstić information content (AvgIpc) is 3.61. The first-order valence-corrected chi connectivity index (χ1v) is 17.4. The zero-order valence-electron chi connectivity index (χ0n) is 25.7. The Labute approximate surface area is 271 Å². The topological polar surface area (TPSA) is 224 Å². The summed E-state index contributed by atoms with van der Waals surface area (Å²) in [6.45, 7) is 0.227. The number of nitrogens with one attached hydrogen (secondary N) is 4. The standard InChI is InChI=1S/C32H39N6O8P/c33-28(39)14-12-24(29(40)34-17-19-5-2-1-3-6-19)36-31(42)27-13-10-22-7-4-8-25(32(43)38(22)27)37-30(41)26-16-21-15-20(18-47(44,45)46)9-11-23(21)35-26/h1-3,5-6,9,11,15-16,22,24-25,27,35H,4,7-8,10,12-14,17-18H2,(H2,33,39)(H,34,40)(H,36,42)(H,37,41)(H2,44,45,46)/t22?,24-,25-,27-/m0/s1. The lowest BCUT2D eigenvalue weighted by Gasteiger charge is -2.31. The fourth-order valence-electron chi connectivity index (χ4n) is 6.36. The van der Waals surface area contributed by atoms with Gasteiger partial charge in [-0.1, -0.05) is 36.4 Å². The van der Waals surface area contributed by atoms with E-state index in [4.69, 9.17) is 5.73 Å². The van der Waals surface area contributed by atoms with Crippen LogP contribution in [-0.2, 0) is 36.4 Å². The van der Waals surface area contributed by atoms with Gasteiger partial charge in [0.1, 0.15) is 23.8 Å². The number of H-pyrrole nitrogens is 1. The molecule has 3 aromatic rings. The monoisotopic (exact) mass is 666 g/mol. The minimum absolute atomic E-state index is 0.00419. The van der Waals surface area contributed by atoms with Crippen molar-refractivity contribution < 1.29 is 38.3 Å². The molecule has 250 valence electrons. The molecule has 3 heterocycles. The summed E-state index contributed by atoms with van der Waals surface area (Å²) in [5.41, 5.74) is 7.38. The second-order valence-corrected chi connectivity index (χ2v) is 13.8. The Balaban J connectivity index is 1.26. The molecule has 4 atom stereocenters. The maximum atomic E-state index is 13.9. The van der Waals surface area contributed by atoms with E-state index >= 15 is 0 Å². The van der Waals surface area contributed by atoms with Crippen LogP contribution in [0.25, 0.3) is 10.9 Å². The zero-order chi connectivity index (χ0) is 33.7. The number of primary amides is 1. The van der Waals surface area contributed by atoms with Crippen molar-refractivity contribution in [2.75, 3.05) is 0 Å². The molecular formula is C32H39N6O8P. The van der Waals surface area contributed by atoms with Gasteiger partial charge in [0.15, 0.2) is 0 Å². The lowest BCUT2D eigenvalue weighted by molar-refractivity contribution is -0.142. The quantitative estimate of drug-likeness (QED) is 0.140. The van der Waals surface area contributed by atoms with Gasteiger partial charge in [0.05, 0.1) is 6.16 Å². The van der Waals surface area contributed by atoms with Gasteiger partial charge in [-0.2, -0.15) is 0 Å². The van der Waals surface area contributed by atoms with Crippen LogP contribution in [0.15, 0.2) is 54.6 Å². The minimum atomic E-state index is -4.27. The van der Waals surface area contributed by atoms with Crippen molar-refractivity contribution in [3.8, 4) is 0 Å². The Morgan fingerprint density at radius 2 is 1.77 bits per heavy atom. The molecule has 2 saturated heterocycles. The Morgan fingerprint density at radius 3 is 2.49 bits per heavy atom. The van der Waals surface area contributed by atoms with Crippen LogP contribution in [0.1, 0.15) is 66.6 Å². The summed E-state index contributed by atoms with van der Waals surface area (Å²) in [6.07, 6.45) is 2.10. The van der Waals surface area contributed by atoms with Crippen molar-refractivity contribution in [2.24, 2.45) is 5.73 Å². The van der Waals surface area contributed by atoms with E-state index in [2.05, 4.69) is 20.9 Å². The second-order valence-electron chi connectivity index (χ2n) is 12.1. The number of benzene rings is 2. The van der Waals surface area contributed by atoms with Gasteiger partial charge >= 0.3 is 7.60 Å². The summed E-state index contributed by atoms with van der Waals surface area (Å²) < 4.78 is 11.4. The van der Waals surface area contributed by atoms with Crippen LogP contribution < -0.4 is 21.7 Å². The van der Waals surface area contributed by atoms with Crippen LogP contribution in [-0.4, -0.2) is 73.4 Å². The summed E-state index contributed by atoms with van der Waals surface area (Å²) in [7, 11) is -4.27. The molecule has 2 fully saturated rings. The first kappa shape index (κ1) is 33.8. The number of carbonyl (C=O) groups excluding carboxylic acids is 5. The predicted molar refractivity (Wildman–Crippen MR) is 171 cm³/mol. The molecule has 5 amide bonds. The lowest BCUT2D eigenvalue weighted by Crippen LogP contribution is -2.57. The summed E-state index contributed by atoms with van der Waals surface area (Å²) >= 11 is 0. The molecule has 0 aliphatic carbocycles. The first-order valence-electron chi connectivity index (χ1n) is 15.6. The van der Waals surface area contributed by atoms with E-state index in [9.17, 15) is 38.3 Å². The SMILES string of the molecule is NC(=O)CC[C@H](NC(=O)[C@@H]1CCC2CCC[C@H](NC(=O)c3cc4cc(CP(=O)(O)O)ccc4[nH]3)C(=O)N21)C(=O)NCc1ccccc1. The third-order valence-corrected chi connectivity index (χ3v) is 9.41. The molecule has 15 heteroatoms. The van der Waals surface area contributed by atoms with Gasteiger partial charge in [0, 0.05) is 29.9 Å². The molecular weight excluding hydrogens is 627 g/mol. The van der Waals surface area contributed by atoms with Gasteiger partial charge < -0.3 is 41.4 Å². The second kappa shape index (κ2) is 14.5. The molecule has 2 aromatic carbocycles. The third kappa shape index (κ3) is 8.64. The number of aromatic amines is 1. The highest BCUT2D eigenvalue weighted by Gasteiger charge is 2.45. The summed E-state index contributed by atoms with van der Waals surface area (Å²) in [4.78, 5) is 88.5. The Hall–Kier alpha value is -4.52. The molecule has 14 nitrogen and oxygen atoms in total. The van der Waals surface area contributed by atoms with Gasteiger partial charge in [-0.25, -0.2) is 0 Å². The van der Waals surface area contributed by atoms with Gasteiger partial charge in [-0.15, -0.1) is 0 Å². The van der Waals surface area contributed by atoms with E-state index in [1.165, 1.54) is 4.90 Å². The zero-order valence-corrected chi connectivity index (χ0v) is 26.6. The van der Waals surface area contributed by atoms with E-state index in [0.29, 0.717) is 48.6 Å². The number of fused-ring (bicyclic) bond motifs is 2. The van der Waals surface area contributed by atoms with Crippen LogP contribution in [0.2, 0.25) is 0 Å². The Morgan fingerprint density at radius 1 is 1.00 bits per heavy atom. The number of nitrogens with two attached hydrogens (primary N) is 1. The molecule has 2 aliphatic heterocycles. The van der Waals surface area contributed by atoms with Crippen LogP contribution in [0.4, 0.5) is 0 Å². The molecule has 0 saturated carbocycles. The molecule has 8 N–H and O–H groups in total. The van der Waals surface area contributed by atoms with Gasteiger partial charge in [0.25, 0.3) is 5.91 Å². The maximum Gasteiger partial charge on any atom is 0.329 e. The van der Waals surface area contributed by atoms with Crippen molar-refractivity contribution in [2.45, 2.75) is 81.8 Å². The molecule has 0 spiro atoms. The fourth-order valence-corrected chi connectivity index (χ4v) is 7.03. The molecule has 47 heavy (non-hydrogen) atoms. The number of aromatic nitrogens is 1. The minimum Gasteiger partial charge on any atom is -0.370 e. The average molecular weight is 667 g/mol. The normalized spacial score (nSPS) is 20.3. The number of carbonyl (C=O) groups is 5. The molecule has 2 aliphatic rings. The number of amides is 5. The smallest absolute Gasteiger partial charge is 0.329 e. The fraction of sp³-hybridized carbons (Fsp3) is 0.406. The Bertz CT molecular complexity index is 1710. The van der Waals surface area contributed by atoms with E-state index in [0.717, 1.165) is 5.56 Å². The summed E-state index contributed by atoms with van der Waals surface area (Å²) in [5, 5.41) is 8.92. The largest absolute Gasteiger partial charge is 0.370 e. The van der Waals surface area contributed by atoms with E-state index < -0.39 is 55.5 Å². The van der Waals surface area contributed by atoms with Crippen LogP contribution in [0, 0.1) is 0 Å². The lowest BCUT2D eigenvalue weighted by atomic mass is 10.1. The summed E-state index contributed by atoms with van der Waals surface area (Å²) in [5.74, 6) is -2.52. The van der Waals surface area contributed by atoms with Gasteiger partial charge in [-0.3, -0.25) is 28.5 Å². The van der Waals surface area contributed by atoms with Crippen LogP contribution >= 0.6 is 7.60 Å². The van der Waals surface area contributed by atoms with E-state index in [-0.39, 0.29) is 37.0 Å². The highest BCUT2D eigenvalue weighted by Crippen LogP contribution is 2.39. The van der Waals surface area contributed by atoms with E-state index in [1.807, 2.05) is 30.3 Å². The maximum absolute atomic E-state index is 13.9.